The second-order valence-corrected chi connectivity index (χ2v) is 3.61. The quantitative estimate of drug-likeness (QED) is 0.401. The summed E-state index contributed by atoms with van der Waals surface area (Å²) in [5, 5.41) is 0. The largest absolute Gasteiger partial charge is 0.123 e. The molecule has 1 atom stereocenters. The first kappa shape index (κ1) is 8.53. The molecular formula is C7H15Al. The van der Waals surface area contributed by atoms with E-state index in [1.807, 2.05) is 0 Å². The second-order valence-electron chi connectivity index (χ2n) is 2.47. The smallest absolute Gasteiger partial charge is 0.110 e. The average molecular weight is 126 g/mol. The van der Waals surface area contributed by atoms with Gasteiger partial charge in [0.1, 0.15) is 16.3 Å². The molecule has 0 saturated heterocycles. The Kier molecular flexibility index (Phi) is 6.04. The molecule has 0 nitrogen and oxygen atoms in total. The lowest BCUT2D eigenvalue weighted by atomic mass is 10.2. The molecule has 0 spiro atoms. The Balaban J connectivity index is 2.72. The van der Waals surface area contributed by atoms with Gasteiger partial charge in [0, 0.05) is 0 Å². The minimum absolute atomic E-state index is 0.821. The van der Waals surface area contributed by atoms with Gasteiger partial charge in [-0.15, -0.1) is 4.78 Å². The van der Waals surface area contributed by atoms with Gasteiger partial charge in [0.05, 0.1) is 0 Å². The van der Waals surface area contributed by atoms with Crippen molar-refractivity contribution in [2.24, 2.45) is 0 Å². The SMILES string of the molecule is CCCCC[CH](C)[Al]. The summed E-state index contributed by atoms with van der Waals surface area (Å²) in [5.41, 5.74) is 0. The minimum atomic E-state index is 0.821. The van der Waals surface area contributed by atoms with E-state index in [1.165, 1.54) is 25.7 Å². The van der Waals surface area contributed by atoms with Crippen molar-refractivity contribution in [1.29, 1.82) is 0 Å². The molecule has 0 amide bonds. The van der Waals surface area contributed by atoms with Crippen LogP contribution in [0.3, 0.4) is 0 Å². The van der Waals surface area contributed by atoms with Crippen molar-refractivity contribution >= 4 is 16.3 Å². The maximum atomic E-state index is 2.83. The molecule has 0 saturated carbocycles. The summed E-state index contributed by atoms with van der Waals surface area (Å²) < 4.78 is 0.821. The summed E-state index contributed by atoms with van der Waals surface area (Å²) in [6.07, 6.45) is 5.52. The molecule has 0 aromatic heterocycles. The molecule has 1 heteroatoms. The summed E-state index contributed by atoms with van der Waals surface area (Å²) in [4.78, 5) is 0. The van der Waals surface area contributed by atoms with Gasteiger partial charge in [0.25, 0.3) is 0 Å². The van der Waals surface area contributed by atoms with Gasteiger partial charge in [0.15, 0.2) is 0 Å². The van der Waals surface area contributed by atoms with Gasteiger partial charge in [-0.3, -0.25) is 0 Å². The molecule has 0 aromatic carbocycles. The first-order chi connectivity index (χ1) is 3.77. The highest BCUT2D eigenvalue weighted by molar-refractivity contribution is 6.11. The van der Waals surface area contributed by atoms with E-state index in [2.05, 4.69) is 30.1 Å². The van der Waals surface area contributed by atoms with Gasteiger partial charge in [-0.25, -0.2) is 0 Å². The molecular weight excluding hydrogens is 111 g/mol. The summed E-state index contributed by atoms with van der Waals surface area (Å²) >= 11 is 2.83. The summed E-state index contributed by atoms with van der Waals surface area (Å²) in [6.45, 7) is 4.49. The highest BCUT2D eigenvalue weighted by Gasteiger charge is 1.89. The zero-order valence-electron chi connectivity index (χ0n) is 5.98. The van der Waals surface area contributed by atoms with Gasteiger partial charge in [-0.2, -0.15) is 0 Å². The lowest BCUT2D eigenvalue weighted by Crippen LogP contribution is -1.84. The molecule has 1 unspecified atom stereocenters. The van der Waals surface area contributed by atoms with Gasteiger partial charge in [0.2, 0.25) is 0 Å². The predicted molar refractivity (Wildman–Crippen MR) is 39.3 cm³/mol. The summed E-state index contributed by atoms with van der Waals surface area (Å²) in [7, 11) is 0. The molecule has 0 aliphatic carbocycles. The van der Waals surface area contributed by atoms with E-state index in [-0.39, 0.29) is 0 Å². The monoisotopic (exact) mass is 126 g/mol. The van der Waals surface area contributed by atoms with Gasteiger partial charge in [-0.05, 0) is 0 Å². The number of hydrogen-bond donors (Lipinski definition) is 0. The van der Waals surface area contributed by atoms with Crippen molar-refractivity contribution in [2.45, 2.75) is 44.3 Å². The lowest BCUT2D eigenvalue weighted by Gasteiger charge is -2.01. The van der Waals surface area contributed by atoms with E-state index in [0.29, 0.717) is 0 Å². The normalized spacial score (nSPS) is 13.8. The Morgan fingerprint density at radius 2 is 2.00 bits per heavy atom. The Labute approximate surface area is 61.1 Å². The third-order valence-electron chi connectivity index (χ3n) is 1.26. The fraction of sp³-hybridized carbons (Fsp3) is 1.00. The van der Waals surface area contributed by atoms with Crippen LogP contribution in [0.5, 0.6) is 0 Å². The number of unbranched alkanes of at least 4 members (excludes halogenated alkanes) is 2. The average Bonchev–Trinajstić information content (AvgIpc) is 1.66. The minimum Gasteiger partial charge on any atom is -0.110 e. The van der Waals surface area contributed by atoms with E-state index in [4.69, 9.17) is 0 Å². The van der Waals surface area contributed by atoms with Crippen LogP contribution < -0.4 is 0 Å². The van der Waals surface area contributed by atoms with E-state index in [1.54, 1.807) is 0 Å². The zero-order valence-corrected chi connectivity index (χ0v) is 7.14. The molecule has 0 heterocycles. The fourth-order valence-corrected chi connectivity index (χ4v) is 0.952. The zero-order chi connectivity index (χ0) is 6.41. The molecule has 0 N–H and O–H groups in total. The molecule has 0 fully saturated rings. The molecule has 2 radical (unpaired) electrons. The van der Waals surface area contributed by atoms with Crippen molar-refractivity contribution in [3.05, 3.63) is 0 Å². The van der Waals surface area contributed by atoms with Crippen LogP contribution in [0.25, 0.3) is 0 Å². The van der Waals surface area contributed by atoms with Gasteiger partial charge in [-0.1, -0.05) is 39.5 Å². The Bertz CT molecular complexity index is 41.7. The third kappa shape index (κ3) is 6.53. The van der Waals surface area contributed by atoms with E-state index in [9.17, 15) is 0 Å². The molecule has 8 heavy (non-hydrogen) atoms. The first-order valence-corrected chi connectivity index (χ1v) is 4.19. The van der Waals surface area contributed by atoms with E-state index >= 15 is 0 Å². The van der Waals surface area contributed by atoms with Crippen molar-refractivity contribution in [3.63, 3.8) is 0 Å². The molecule has 0 aliphatic heterocycles. The number of hydrogen-bond acceptors (Lipinski definition) is 0. The van der Waals surface area contributed by atoms with Crippen molar-refractivity contribution in [2.75, 3.05) is 0 Å². The summed E-state index contributed by atoms with van der Waals surface area (Å²) in [6, 6.07) is 0. The Morgan fingerprint density at radius 1 is 1.38 bits per heavy atom. The van der Waals surface area contributed by atoms with Crippen molar-refractivity contribution in [1.82, 2.24) is 0 Å². The molecule has 0 aliphatic rings. The maximum Gasteiger partial charge on any atom is 0.123 e. The second kappa shape index (κ2) is 5.67. The third-order valence-corrected chi connectivity index (χ3v) is 1.60. The lowest BCUT2D eigenvalue weighted by molar-refractivity contribution is 0.655. The summed E-state index contributed by atoms with van der Waals surface area (Å²) in [5.74, 6) is 0. The van der Waals surface area contributed by atoms with Crippen molar-refractivity contribution in [3.8, 4) is 0 Å². The molecule has 46 valence electrons. The highest BCUT2D eigenvalue weighted by atomic mass is 27.0. The van der Waals surface area contributed by atoms with Gasteiger partial charge >= 0.3 is 0 Å². The number of rotatable bonds is 4. The fourth-order valence-electron chi connectivity index (χ4n) is 0.716. The molecule has 0 aromatic rings. The maximum absolute atomic E-state index is 2.83. The highest BCUT2D eigenvalue weighted by Crippen LogP contribution is 2.09. The Morgan fingerprint density at radius 3 is 2.38 bits per heavy atom. The van der Waals surface area contributed by atoms with Crippen molar-refractivity contribution < 1.29 is 0 Å². The van der Waals surface area contributed by atoms with Crippen LogP contribution in [-0.4, -0.2) is 16.3 Å². The van der Waals surface area contributed by atoms with Crippen LogP contribution >= 0.6 is 0 Å². The van der Waals surface area contributed by atoms with Crippen LogP contribution in [0, 0.1) is 0 Å². The Hall–Kier alpha value is 0.532. The molecule has 0 rings (SSSR count). The van der Waals surface area contributed by atoms with Crippen LogP contribution in [0.15, 0.2) is 0 Å². The standard InChI is InChI=1S/C7H15.Al/c1-3-5-7-6-4-2;/h3H,4-7H2,1-2H3;. The van der Waals surface area contributed by atoms with E-state index in [0.717, 1.165) is 4.78 Å². The van der Waals surface area contributed by atoms with Gasteiger partial charge < -0.3 is 0 Å². The topological polar surface area (TPSA) is 0 Å². The van der Waals surface area contributed by atoms with E-state index < -0.39 is 0 Å². The first-order valence-electron chi connectivity index (χ1n) is 3.53. The van der Waals surface area contributed by atoms with Crippen LogP contribution in [0.1, 0.15) is 39.5 Å². The molecule has 0 bridgehead atoms. The van der Waals surface area contributed by atoms with Crippen LogP contribution in [0.4, 0.5) is 0 Å². The van der Waals surface area contributed by atoms with Crippen LogP contribution in [-0.2, 0) is 0 Å². The predicted octanol–water partition coefficient (Wildman–Crippen LogP) is 2.54. The van der Waals surface area contributed by atoms with Crippen LogP contribution in [0.2, 0.25) is 4.78 Å².